The number of para-hydroxylation sites is 1. The zero-order chi connectivity index (χ0) is 25.1. The van der Waals surface area contributed by atoms with Gasteiger partial charge in [0.05, 0.1) is 22.8 Å². The molecule has 2 atom stereocenters. The largest absolute Gasteiger partial charge is 0.352 e. The molecule has 0 bridgehead atoms. The zero-order valence-corrected chi connectivity index (χ0v) is 21.2. The first-order chi connectivity index (χ1) is 17.5. The molecule has 1 aromatic carbocycles. The van der Waals surface area contributed by atoms with Crippen LogP contribution in [0.1, 0.15) is 35.5 Å². The van der Waals surface area contributed by atoms with Crippen LogP contribution < -0.4 is 10.6 Å². The van der Waals surface area contributed by atoms with Crippen LogP contribution in [0.2, 0.25) is 5.02 Å². The quantitative estimate of drug-likeness (QED) is 0.328. The van der Waals surface area contributed by atoms with E-state index in [-0.39, 0.29) is 24.4 Å². The predicted octanol–water partition coefficient (Wildman–Crippen LogP) is 5.23. The van der Waals surface area contributed by atoms with E-state index in [4.69, 9.17) is 23.8 Å². The molecule has 0 aliphatic carbocycles. The van der Waals surface area contributed by atoms with Crippen LogP contribution in [0, 0.1) is 6.92 Å². The molecule has 5 rings (SSSR count). The summed E-state index contributed by atoms with van der Waals surface area (Å²) in [6.07, 6.45) is 5.64. The van der Waals surface area contributed by atoms with Crippen molar-refractivity contribution in [3.05, 3.63) is 107 Å². The van der Waals surface area contributed by atoms with Gasteiger partial charge < -0.3 is 20.1 Å². The SMILES string of the molecule is Cc1ccccc1NC(=O)CCN1C(=S)NC(c2ccccn2)C1c1cccn1-c1ccc(Cl)cn1. The normalized spacial score (nSPS) is 17.2. The van der Waals surface area contributed by atoms with E-state index in [0.29, 0.717) is 16.7 Å². The number of pyridine rings is 2. The lowest BCUT2D eigenvalue weighted by Gasteiger charge is -2.28. The van der Waals surface area contributed by atoms with Gasteiger partial charge in [-0.25, -0.2) is 4.98 Å². The number of aryl methyl sites for hydroxylation is 1. The van der Waals surface area contributed by atoms with E-state index in [1.165, 1.54) is 0 Å². The highest BCUT2D eigenvalue weighted by Gasteiger charge is 2.41. The van der Waals surface area contributed by atoms with E-state index in [2.05, 4.69) is 25.5 Å². The molecule has 1 aliphatic heterocycles. The summed E-state index contributed by atoms with van der Waals surface area (Å²) >= 11 is 11.8. The van der Waals surface area contributed by atoms with Gasteiger partial charge in [-0.05, 0) is 67.2 Å². The molecule has 0 radical (unpaired) electrons. The minimum Gasteiger partial charge on any atom is -0.352 e. The maximum atomic E-state index is 12.9. The maximum Gasteiger partial charge on any atom is 0.226 e. The highest BCUT2D eigenvalue weighted by Crippen LogP contribution is 2.39. The van der Waals surface area contributed by atoms with Crippen LogP contribution in [-0.4, -0.2) is 37.0 Å². The Hall–Kier alpha value is -3.75. The molecule has 4 aromatic rings. The number of amides is 1. The van der Waals surface area contributed by atoms with E-state index in [9.17, 15) is 4.79 Å². The standard InChI is InChI=1S/C27H25ClN6OS/c1-18-7-2-3-8-20(18)31-24(35)13-16-34-26(25(32-27(34)36)21-9-4-5-14-29-21)22-10-6-15-33(22)23-12-11-19(28)17-30-23/h2-12,14-15,17,25-26H,13,16H2,1H3,(H,31,35)(H,32,36). The number of aromatic nitrogens is 3. The van der Waals surface area contributed by atoms with Crippen LogP contribution in [0.15, 0.2) is 85.3 Å². The van der Waals surface area contributed by atoms with Gasteiger partial charge in [0.1, 0.15) is 5.82 Å². The molecule has 0 saturated carbocycles. The van der Waals surface area contributed by atoms with E-state index in [1.807, 2.05) is 84.4 Å². The average Bonchev–Trinajstić information content (AvgIpc) is 3.49. The van der Waals surface area contributed by atoms with Crippen LogP contribution in [-0.2, 0) is 4.79 Å². The Morgan fingerprint density at radius 2 is 1.92 bits per heavy atom. The summed E-state index contributed by atoms with van der Waals surface area (Å²) in [7, 11) is 0. The van der Waals surface area contributed by atoms with E-state index in [0.717, 1.165) is 28.5 Å². The summed E-state index contributed by atoms with van der Waals surface area (Å²) in [4.78, 5) is 24.0. The molecule has 3 aromatic heterocycles. The summed E-state index contributed by atoms with van der Waals surface area (Å²) in [5, 5.41) is 7.60. The Morgan fingerprint density at radius 1 is 1.08 bits per heavy atom. The smallest absolute Gasteiger partial charge is 0.226 e. The third-order valence-corrected chi connectivity index (χ3v) is 6.81. The Bertz CT molecular complexity index is 1370. The Labute approximate surface area is 220 Å². The lowest BCUT2D eigenvalue weighted by Crippen LogP contribution is -2.33. The van der Waals surface area contributed by atoms with Crippen molar-refractivity contribution in [1.29, 1.82) is 0 Å². The number of carbonyl (C=O) groups is 1. The van der Waals surface area contributed by atoms with Gasteiger partial charge in [0.25, 0.3) is 0 Å². The number of halogens is 1. The summed E-state index contributed by atoms with van der Waals surface area (Å²) in [5.74, 6) is 0.677. The molecule has 1 aliphatic rings. The van der Waals surface area contributed by atoms with Crippen molar-refractivity contribution in [3.63, 3.8) is 0 Å². The van der Waals surface area contributed by atoms with Gasteiger partial charge in [0.15, 0.2) is 5.11 Å². The number of carbonyl (C=O) groups excluding carboxylic acids is 1. The Kier molecular flexibility index (Phi) is 6.97. The number of hydrogen-bond acceptors (Lipinski definition) is 4. The molecule has 7 nitrogen and oxygen atoms in total. The molecule has 1 fully saturated rings. The maximum absolute atomic E-state index is 12.9. The van der Waals surface area contributed by atoms with E-state index in [1.54, 1.807) is 12.4 Å². The molecule has 36 heavy (non-hydrogen) atoms. The highest BCUT2D eigenvalue weighted by atomic mass is 35.5. The van der Waals surface area contributed by atoms with Crippen LogP contribution in [0.5, 0.6) is 0 Å². The van der Waals surface area contributed by atoms with Crippen molar-refractivity contribution in [1.82, 2.24) is 24.8 Å². The van der Waals surface area contributed by atoms with Crippen molar-refractivity contribution in [2.24, 2.45) is 0 Å². The van der Waals surface area contributed by atoms with Crippen molar-refractivity contribution < 1.29 is 4.79 Å². The van der Waals surface area contributed by atoms with Crippen molar-refractivity contribution in [3.8, 4) is 5.82 Å². The molecule has 2 unspecified atom stereocenters. The average molecular weight is 517 g/mol. The molecule has 2 N–H and O–H groups in total. The van der Waals surface area contributed by atoms with Crippen molar-refractivity contribution in [2.45, 2.75) is 25.4 Å². The molecular formula is C27H25ClN6OS. The van der Waals surface area contributed by atoms with Gasteiger partial charge in [-0.15, -0.1) is 0 Å². The van der Waals surface area contributed by atoms with Gasteiger partial charge in [-0.3, -0.25) is 9.78 Å². The lowest BCUT2D eigenvalue weighted by atomic mass is 10.0. The molecular weight excluding hydrogens is 492 g/mol. The lowest BCUT2D eigenvalue weighted by molar-refractivity contribution is -0.116. The van der Waals surface area contributed by atoms with Crippen LogP contribution in [0.3, 0.4) is 0 Å². The molecule has 1 amide bonds. The first-order valence-electron chi connectivity index (χ1n) is 11.6. The zero-order valence-electron chi connectivity index (χ0n) is 19.6. The number of hydrogen-bond donors (Lipinski definition) is 2. The summed E-state index contributed by atoms with van der Waals surface area (Å²) in [6, 6.07) is 20.9. The molecule has 4 heterocycles. The number of thiocarbonyl (C=S) groups is 1. The fourth-order valence-corrected chi connectivity index (χ4v) is 4.91. The first kappa shape index (κ1) is 24.0. The first-order valence-corrected chi connectivity index (χ1v) is 12.4. The minimum atomic E-state index is -0.203. The number of nitrogens with zero attached hydrogens (tertiary/aromatic N) is 4. The third-order valence-electron chi connectivity index (χ3n) is 6.24. The summed E-state index contributed by atoms with van der Waals surface area (Å²) in [5.41, 5.74) is 3.68. The second-order valence-corrected chi connectivity index (χ2v) is 9.39. The van der Waals surface area contributed by atoms with Gasteiger partial charge in [0.2, 0.25) is 5.91 Å². The topological polar surface area (TPSA) is 75.1 Å². The van der Waals surface area contributed by atoms with Crippen molar-refractivity contribution in [2.75, 3.05) is 11.9 Å². The van der Waals surface area contributed by atoms with Crippen LogP contribution in [0.4, 0.5) is 5.69 Å². The molecule has 182 valence electrons. The number of anilines is 1. The van der Waals surface area contributed by atoms with Gasteiger partial charge >= 0.3 is 0 Å². The van der Waals surface area contributed by atoms with Crippen LogP contribution in [0.25, 0.3) is 5.82 Å². The minimum absolute atomic E-state index is 0.0677. The molecule has 1 saturated heterocycles. The number of nitrogens with one attached hydrogen (secondary N) is 2. The second-order valence-electron chi connectivity index (χ2n) is 8.57. The monoisotopic (exact) mass is 516 g/mol. The summed E-state index contributed by atoms with van der Waals surface area (Å²) in [6.45, 7) is 2.42. The van der Waals surface area contributed by atoms with E-state index < -0.39 is 0 Å². The third kappa shape index (κ3) is 4.96. The Morgan fingerprint density at radius 3 is 2.67 bits per heavy atom. The molecule has 9 heteroatoms. The van der Waals surface area contributed by atoms with E-state index >= 15 is 0 Å². The van der Waals surface area contributed by atoms with Gasteiger partial charge in [-0.1, -0.05) is 35.9 Å². The van der Waals surface area contributed by atoms with Gasteiger partial charge in [0, 0.05) is 42.9 Å². The van der Waals surface area contributed by atoms with Crippen LogP contribution >= 0.6 is 23.8 Å². The molecule has 0 spiro atoms. The fraction of sp³-hybridized carbons (Fsp3) is 0.185. The predicted molar refractivity (Wildman–Crippen MR) is 145 cm³/mol. The number of benzene rings is 1. The van der Waals surface area contributed by atoms with Crippen molar-refractivity contribution >= 4 is 40.5 Å². The summed E-state index contributed by atoms with van der Waals surface area (Å²) < 4.78 is 2.02. The highest BCUT2D eigenvalue weighted by molar-refractivity contribution is 7.80. The Balaban J connectivity index is 1.44. The van der Waals surface area contributed by atoms with Gasteiger partial charge in [-0.2, -0.15) is 0 Å². The second kappa shape index (κ2) is 10.5. The fourth-order valence-electron chi connectivity index (χ4n) is 4.47. The number of rotatable bonds is 7.